The maximum atomic E-state index is 11.7. The number of anilines is 1. The highest BCUT2D eigenvalue weighted by atomic mass is 79.9. The van der Waals surface area contributed by atoms with E-state index in [1.165, 1.54) is 0 Å². The molecule has 0 aliphatic carbocycles. The number of carbonyl (C=O) groups is 1. The Labute approximate surface area is 109 Å². The second-order valence-electron chi connectivity index (χ2n) is 3.43. The molecule has 17 heavy (non-hydrogen) atoms. The first-order valence-electron chi connectivity index (χ1n) is 5.29. The molecule has 1 N–H and O–H groups in total. The summed E-state index contributed by atoms with van der Waals surface area (Å²) >= 11 is 3.30. The number of hydrogen-bond acceptors (Lipinski definition) is 3. The smallest absolute Gasteiger partial charge is 0.238 e. The fourth-order valence-corrected chi connectivity index (χ4v) is 1.41. The number of benzene rings is 1. The van der Waals surface area contributed by atoms with Gasteiger partial charge in [0, 0.05) is 6.07 Å². The van der Waals surface area contributed by atoms with Gasteiger partial charge in [-0.25, -0.2) is 0 Å². The van der Waals surface area contributed by atoms with E-state index in [1.807, 2.05) is 6.92 Å². The highest BCUT2D eigenvalue weighted by molar-refractivity contribution is 9.10. The summed E-state index contributed by atoms with van der Waals surface area (Å²) in [5, 5.41) is 2.80. The van der Waals surface area contributed by atoms with Gasteiger partial charge in [-0.15, -0.1) is 0 Å². The topological polar surface area (TPSA) is 47.6 Å². The lowest BCUT2D eigenvalue weighted by atomic mass is 10.2. The number of carbonyl (C=O) groups excluding carboxylic acids is 1. The van der Waals surface area contributed by atoms with Crippen LogP contribution in [-0.4, -0.2) is 25.0 Å². The Morgan fingerprint density at radius 1 is 1.41 bits per heavy atom. The molecule has 0 heterocycles. The van der Waals surface area contributed by atoms with Crippen molar-refractivity contribution in [3.05, 3.63) is 18.2 Å². The van der Waals surface area contributed by atoms with Gasteiger partial charge in [-0.2, -0.15) is 0 Å². The predicted octanol–water partition coefficient (Wildman–Crippen LogP) is 2.82. The predicted molar refractivity (Wildman–Crippen MR) is 71.2 cm³/mol. The molecular formula is C12H16BrNO3. The van der Waals surface area contributed by atoms with Crippen LogP contribution in [-0.2, 0) is 4.79 Å². The van der Waals surface area contributed by atoms with E-state index in [4.69, 9.17) is 9.47 Å². The molecule has 0 bridgehead atoms. The van der Waals surface area contributed by atoms with Crippen molar-refractivity contribution in [2.24, 2.45) is 0 Å². The van der Waals surface area contributed by atoms with Crippen molar-refractivity contribution < 1.29 is 14.3 Å². The molecule has 0 unspecified atom stereocenters. The van der Waals surface area contributed by atoms with E-state index in [9.17, 15) is 4.79 Å². The van der Waals surface area contributed by atoms with Crippen LogP contribution in [0.3, 0.4) is 0 Å². The van der Waals surface area contributed by atoms with Gasteiger partial charge in [0.2, 0.25) is 5.91 Å². The van der Waals surface area contributed by atoms with Crippen LogP contribution in [0.25, 0.3) is 0 Å². The fourth-order valence-electron chi connectivity index (χ4n) is 1.30. The van der Waals surface area contributed by atoms with Gasteiger partial charge in [0.1, 0.15) is 11.5 Å². The highest BCUT2D eigenvalue weighted by Gasteiger charge is 2.14. The maximum Gasteiger partial charge on any atom is 0.238 e. The van der Waals surface area contributed by atoms with E-state index < -0.39 is 0 Å². The van der Waals surface area contributed by atoms with E-state index >= 15 is 0 Å². The van der Waals surface area contributed by atoms with Crippen LogP contribution in [0.1, 0.15) is 13.3 Å². The van der Waals surface area contributed by atoms with Crippen molar-refractivity contribution in [3.63, 3.8) is 0 Å². The Morgan fingerprint density at radius 3 is 2.65 bits per heavy atom. The second kappa shape index (κ2) is 6.49. The molecule has 1 aromatic carbocycles. The first-order valence-corrected chi connectivity index (χ1v) is 6.20. The fraction of sp³-hybridized carbons (Fsp3) is 0.417. The summed E-state index contributed by atoms with van der Waals surface area (Å²) in [6.45, 7) is 1.93. The highest BCUT2D eigenvalue weighted by Crippen LogP contribution is 2.29. The zero-order valence-corrected chi connectivity index (χ0v) is 11.7. The molecular weight excluding hydrogens is 286 g/mol. The van der Waals surface area contributed by atoms with Crippen LogP contribution < -0.4 is 14.8 Å². The van der Waals surface area contributed by atoms with Gasteiger partial charge in [-0.3, -0.25) is 4.79 Å². The summed E-state index contributed by atoms with van der Waals surface area (Å²) in [5.74, 6) is 1.18. The van der Waals surface area contributed by atoms with Crippen molar-refractivity contribution in [2.75, 3.05) is 19.5 Å². The average molecular weight is 302 g/mol. The Hall–Kier alpha value is -1.23. The second-order valence-corrected chi connectivity index (χ2v) is 4.54. The van der Waals surface area contributed by atoms with Crippen molar-refractivity contribution in [2.45, 2.75) is 18.2 Å². The van der Waals surface area contributed by atoms with Crippen molar-refractivity contribution in [3.8, 4) is 11.5 Å². The number of methoxy groups -OCH3 is 2. The monoisotopic (exact) mass is 301 g/mol. The third-order valence-corrected chi connectivity index (χ3v) is 3.37. The van der Waals surface area contributed by atoms with Gasteiger partial charge < -0.3 is 14.8 Å². The summed E-state index contributed by atoms with van der Waals surface area (Å²) in [7, 11) is 3.13. The quantitative estimate of drug-likeness (QED) is 0.851. The maximum absolute atomic E-state index is 11.7. The molecule has 0 radical (unpaired) electrons. The lowest BCUT2D eigenvalue weighted by molar-refractivity contribution is -0.115. The van der Waals surface area contributed by atoms with E-state index in [0.29, 0.717) is 17.2 Å². The molecule has 0 fully saturated rings. The minimum Gasteiger partial charge on any atom is -0.497 e. The molecule has 1 rings (SSSR count). The molecule has 0 saturated heterocycles. The normalized spacial score (nSPS) is 11.8. The summed E-state index contributed by atoms with van der Waals surface area (Å²) in [6.07, 6.45) is 0.726. The standard InChI is InChI=1S/C12H16BrNO3/c1-4-9(13)12(15)14-10-6-5-8(16-2)7-11(10)17-3/h5-7,9H,4H2,1-3H3,(H,14,15)/t9-/m0/s1. The van der Waals surface area contributed by atoms with Gasteiger partial charge >= 0.3 is 0 Å². The molecule has 0 aliphatic rings. The summed E-state index contributed by atoms with van der Waals surface area (Å²) in [6, 6.07) is 5.25. The lowest BCUT2D eigenvalue weighted by Crippen LogP contribution is -2.22. The number of alkyl halides is 1. The molecule has 0 spiro atoms. The van der Waals surface area contributed by atoms with E-state index in [-0.39, 0.29) is 10.7 Å². The van der Waals surface area contributed by atoms with Gasteiger partial charge in [0.25, 0.3) is 0 Å². The van der Waals surface area contributed by atoms with Gasteiger partial charge in [-0.1, -0.05) is 22.9 Å². The number of nitrogens with one attached hydrogen (secondary N) is 1. The van der Waals surface area contributed by atoms with Crippen LogP contribution >= 0.6 is 15.9 Å². The van der Waals surface area contributed by atoms with Gasteiger partial charge in [0.15, 0.2) is 0 Å². The van der Waals surface area contributed by atoms with Crippen LogP contribution in [0.15, 0.2) is 18.2 Å². The van der Waals surface area contributed by atoms with Crippen LogP contribution in [0.4, 0.5) is 5.69 Å². The zero-order valence-electron chi connectivity index (χ0n) is 10.1. The summed E-state index contributed by atoms with van der Waals surface area (Å²) in [5.41, 5.74) is 0.635. The van der Waals surface area contributed by atoms with E-state index in [0.717, 1.165) is 6.42 Å². The molecule has 1 atom stereocenters. The first kappa shape index (κ1) is 13.8. The van der Waals surface area contributed by atoms with Crippen LogP contribution in [0, 0.1) is 0 Å². The van der Waals surface area contributed by atoms with Gasteiger partial charge in [-0.05, 0) is 18.6 Å². The molecule has 0 aliphatic heterocycles. The average Bonchev–Trinajstić information content (AvgIpc) is 2.37. The van der Waals surface area contributed by atoms with Crippen LogP contribution in [0.5, 0.6) is 11.5 Å². The number of ether oxygens (including phenoxy) is 2. The SMILES string of the molecule is CC[C@H](Br)C(=O)Nc1ccc(OC)cc1OC. The molecule has 1 aromatic rings. The third-order valence-electron chi connectivity index (χ3n) is 2.31. The molecule has 94 valence electrons. The third kappa shape index (κ3) is 3.63. The first-order chi connectivity index (χ1) is 8.12. The van der Waals surface area contributed by atoms with Crippen molar-refractivity contribution in [1.82, 2.24) is 0 Å². The molecule has 1 amide bonds. The molecule has 0 aromatic heterocycles. The molecule has 5 heteroatoms. The molecule has 0 saturated carbocycles. The van der Waals surface area contributed by atoms with Gasteiger partial charge in [0.05, 0.1) is 24.7 Å². The Bertz CT molecular complexity index is 395. The number of halogens is 1. The Balaban J connectivity index is 2.87. The van der Waals surface area contributed by atoms with Crippen LogP contribution in [0.2, 0.25) is 0 Å². The van der Waals surface area contributed by atoms with E-state index in [1.54, 1.807) is 32.4 Å². The minimum atomic E-state index is -0.200. The van der Waals surface area contributed by atoms with E-state index in [2.05, 4.69) is 21.2 Å². The van der Waals surface area contributed by atoms with Crippen molar-refractivity contribution in [1.29, 1.82) is 0 Å². The number of amides is 1. The summed E-state index contributed by atoms with van der Waals surface area (Å²) in [4.78, 5) is 11.5. The minimum absolute atomic E-state index is 0.0871. The Kier molecular flexibility index (Phi) is 5.28. The Morgan fingerprint density at radius 2 is 2.12 bits per heavy atom. The lowest BCUT2D eigenvalue weighted by Gasteiger charge is -2.13. The van der Waals surface area contributed by atoms with Crippen molar-refractivity contribution >= 4 is 27.5 Å². The number of rotatable bonds is 5. The largest absolute Gasteiger partial charge is 0.497 e. The summed E-state index contributed by atoms with van der Waals surface area (Å²) < 4.78 is 10.3. The molecule has 4 nitrogen and oxygen atoms in total. The number of hydrogen-bond donors (Lipinski definition) is 1. The zero-order chi connectivity index (χ0) is 12.8.